The van der Waals surface area contributed by atoms with Gasteiger partial charge in [-0.15, -0.1) is 0 Å². The molecule has 1 atom stereocenters. The van der Waals surface area contributed by atoms with Crippen LogP contribution < -0.4 is 10.1 Å². The third-order valence-electron chi connectivity index (χ3n) is 4.65. The molecule has 1 saturated heterocycles. The van der Waals surface area contributed by atoms with E-state index < -0.39 is 0 Å². The molecule has 2 aromatic heterocycles. The van der Waals surface area contributed by atoms with E-state index in [1.165, 1.54) is 0 Å². The number of carbonyl (C=O) groups excluding carboxylic acids is 1. The molecule has 0 bridgehead atoms. The van der Waals surface area contributed by atoms with Gasteiger partial charge in [-0.05, 0) is 44.9 Å². The van der Waals surface area contributed by atoms with Crippen LogP contribution in [0.3, 0.4) is 0 Å². The average molecular weight is 356 g/mol. The Balaban J connectivity index is 1.75. The number of rotatable bonds is 4. The fourth-order valence-electron chi connectivity index (χ4n) is 3.28. The summed E-state index contributed by atoms with van der Waals surface area (Å²) in [6, 6.07) is 5.33. The van der Waals surface area contributed by atoms with E-state index in [2.05, 4.69) is 10.5 Å². The molecule has 0 radical (unpaired) electrons. The predicted octanol–water partition coefficient (Wildman–Crippen LogP) is 4.15. The van der Waals surface area contributed by atoms with Crippen LogP contribution in [0.25, 0.3) is 11.0 Å². The molecule has 1 aromatic carbocycles. The summed E-state index contributed by atoms with van der Waals surface area (Å²) in [4.78, 5) is 12.9. The molecule has 26 heavy (non-hydrogen) atoms. The second-order valence-electron chi connectivity index (χ2n) is 6.36. The van der Waals surface area contributed by atoms with E-state index in [-0.39, 0.29) is 12.0 Å². The van der Waals surface area contributed by atoms with Gasteiger partial charge in [0.1, 0.15) is 23.2 Å². The van der Waals surface area contributed by atoms with E-state index in [0.717, 1.165) is 19.4 Å². The fraction of sp³-hybridized carbons (Fsp3) is 0.368. The predicted molar refractivity (Wildman–Crippen MR) is 94.6 cm³/mol. The smallest absolute Gasteiger partial charge is 0.256 e. The number of benzene rings is 1. The largest absolute Gasteiger partial charge is 0.493 e. The minimum absolute atomic E-state index is 0.0782. The first kappa shape index (κ1) is 16.7. The van der Waals surface area contributed by atoms with Crippen LogP contribution in [-0.4, -0.2) is 24.8 Å². The Morgan fingerprint density at radius 3 is 2.85 bits per heavy atom. The lowest BCUT2D eigenvalue weighted by molar-refractivity contribution is 0.0949. The number of nitrogens with zero attached hydrogens (tertiary/aromatic N) is 1. The maximum Gasteiger partial charge on any atom is 0.256 e. The molecule has 0 saturated carbocycles. The molecule has 0 spiro atoms. The molecule has 3 aromatic rings. The summed E-state index contributed by atoms with van der Waals surface area (Å²) in [5.41, 5.74) is 2.26. The molecule has 1 aliphatic rings. The molecule has 4 rings (SSSR count). The average Bonchev–Trinajstić information content (AvgIpc) is 3.36. The Bertz CT molecular complexity index is 946. The zero-order valence-corrected chi connectivity index (χ0v) is 14.9. The lowest BCUT2D eigenvalue weighted by atomic mass is 10.1. The number of carbonyl (C=O) groups is 1. The van der Waals surface area contributed by atoms with Crippen molar-refractivity contribution >= 4 is 22.6 Å². The van der Waals surface area contributed by atoms with Gasteiger partial charge >= 0.3 is 0 Å². The molecule has 1 fully saturated rings. The summed E-state index contributed by atoms with van der Waals surface area (Å²) >= 11 is 0. The number of ether oxygens (including phenoxy) is 2. The van der Waals surface area contributed by atoms with Gasteiger partial charge in [-0.25, -0.2) is 0 Å². The third-order valence-corrected chi connectivity index (χ3v) is 4.65. The molecule has 136 valence electrons. The lowest BCUT2D eigenvalue weighted by Gasteiger charge is -2.07. The Morgan fingerprint density at radius 1 is 1.35 bits per heavy atom. The number of aryl methyl sites for hydroxylation is 2. The molecular formula is C19H20N2O5. The molecule has 7 heteroatoms. The summed E-state index contributed by atoms with van der Waals surface area (Å²) in [5.74, 6) is 1.60. The fourth-order valence-corrected chi connectivity index (χ4v) is 3.28. The third kappa shape index (κ3) is 2.74. The minimum Gasteiger partial charge on any atom is -0.493 e. The van der Waals surface area contributed by atoms with Gasteiger partial charge in [0, 0.05) is 12.0 Å². The van der Waals surface area contributed by atoms with E-state index in [9.17, 15) is 4.79 Å². The molecule has 1 aliphatic heterocycles. The van der Waals surface area contributed by atoms with Crippen molar-refractivity contribution in [2.75, 3.05) is 19.0 Å². The van der Waals surface area contributed by atoms with Crippen LogP contribution in [0.5, 0.6) is 5.75 Å². The number of amides is 1. The maximum absolute atomic E-state index is 12.9. The maximum atomic E-state index is 12.9. The van der Waals surface area contributed by atoms with E-state index in [1.807, 2.05) is 6.07 Å². The zero-order valence-electron chi connectivity index (χ0n) is 14.9. The Hall–Kier alpha value is -2.80. The number of anilines is 1. The summed E-state index contributed by atoms with van der Waals surface area (Å²) < 4.78 is 22.2. The van der Waals surface area contributed by atoms with Gasteiger partial charge in [0.05, 0.1) is 12.7 Å². The molecule has 0 aliphatic carbocycles. The summed E-state index contributed by atoms with van der Waals surface area (Å²) in [6.45, 7) is 4.26. The quantitative estimate of drug-likeness (QED) is 0.756. The SMILES string of the molecule is COc1ccc(C(=O)Nc2c(C)noc2C)c2cc(C3CCCO3)oc12. The first-order chi connectivity index (χ1) is 12.6. The van der Waals surface area contributed by atoms with Crippen molar-refractivity contribution in [1.29, 1.82) is 0 Å². The molecule has 3 heterocycles. The van der Waals surface area contributed by atoms with Gasteiger partial charge in [-0.1, -0.05) is 5.16 Å². The monoisotopic (exact) mass is 356 g/mol. The number of furan rings is 1. The standard InChI is InChI=1S/C19H20N2O5/c1-10-17(11(2)26-21-10)20-19(22)12-6-7-15(23-3)18-13(12)9-16(25-18)14-5-4-8-24-14/h6-7,9,14H,4-5,8H2,1-3H3,(H,20,22). The Kier molecular flexibility index (Phi) is 4.16. The number of hydrogen-bond donors (Lipinski definition) is 1. The highest BCUT2D eigenvalue weighted by molar-refractivity contribution is 6.13. The summed E-state index contributed by atoms with van der Waals surface area (Å²) in [5, 5.41) is 7.43. The van der Waals surface area contributed by atoms with E-state index in [4.69, 9.17) is 18.4 Å². The topological polar surface area (TPSA) is 86.7 Å². The van der Waals surface area contributed by atoms with E-state index in [1.54, 1.807) is 33.1 Å². The second kappa shape index (κ2) is 6.49. The van der Waals surface area contributed by atoms with Crippen molar-refractivity contribution in [1.82, 2.24) is 5.16 Å². The van der Waals surface area contributed by atoms with Gasteiger partial charge in [0.25, 0.3) is 5.91 Å². The van der Waals surface area contributed by atoms with Crippen LogP contribution in [0.4, 0.5) is 5.69 Å². The van der Waals surface area contributed by atoms with Gasteiger partial charge in [0.2, 0.25) is 0 Å². The van der Waals surface area contributed by atoms with Gasteiger partial charge in [-0.3, -0.25) is 4.79 Å². The lowest BCUT2D eigenvalue weighted by Crippen LogP contribution is -2.13. The van der Waals surface area contributed by atoms with Crippen molar-refractivity contribution in [3.63, 3.8) is 0 Å². The Morgan fingerprint density at radius 2 is 2.19 bits per heavy atom. The summed E-state index contributed by atoms with van der Waals surface area (Å²) in [7, 11) is 1.58. The first-order valence-electron chi connectivity index (χ1n) is 8.54. The molecule has 1 amide bonds. The van der Waals surface area contributed by atoms with Gasteiger partial charge < -0.3 is 23.7 Å². The van der Waals surface area contributed by atoms with Crippen molar-refractivity contribution in [3.05, 3.63) is 41.0 Å². The van der Waals surface area contributed by atoms with Crippen molar-refractivity contribution in [2.45, 2.75) is 32.8 Å². The van der Waals surface area contributed by atoms with Crippen LogP contribution in [0.2, 0.25) is 0 Å². The normalized spacial score (nSPS) is 17.0. The highest BCUT2D eigenvalue weighted by Crippen LogP contribution is 2.37. The van der Waals surface area contributed by atoms with Gasteiger partial charge in [0.15, 0.2) is 17.1 Å². The number of fused-ring (bicyclic) bond motifs is 1. The highest BCUT2D eigenvalue weighted by Gasteiger charge is 2.25. The summed E-state index contributed by atoms with van der Waals surface area (Å²) in [6.07, 6.45) is 1.83. The van der Waals surface area contributed by atoms with Crippen molar-refractivity contribution < 1.29 is 23.2 Å². The number of methoxy groups -OCH3 is 1. The van der Waals surface area contributed by atoms with Crippen LogP contribution in [-0.2, 0) is 4.74 Å². The van der Waals surface area contributed by atoms with Gasteiger partial charge in [-0.2, -0.15) is 0 Å². The van der Waals surface area contributed by atoms with Crippen LogP contribution in [0.1, 0.15) is 46.5 Å². The number of hydrogen-bond acceptors (Lipinski definition) is 6. The Labute approximate surface area is 150 Å². The molecule has 1 N–H and O–H groups in total. The first-order valence-corrected chi connectivity index (χ1v) is 8.54. The van der Waals surface area contributed by atoms with Crippen molar-refractivity contribution in [2.24, 2.45) is 0 Å². The second-order valence-corrected chi connectivity index (χ2v) is 6.36. The van der Waals surface area contributed by atoms with Crippen molar-refractivity contribution in [3.8, 4) is 5.75 Å². The van der Waals surface area contributed by atoms with E-state index >= 15 is 0 Å². The molecule has 7 nitrogen and oxygen atoms in total. The van der Waals surface area contributed by atoms with Crippen LogP contribution >= 0.6 is 0 Å². The van der Waals surface area contributed by atoms with E-state index in [0.29, 0.717) is 45.2 Å². The number of nitrogens with one attached hydrogen (secondary N) is 1. The highest BCUT2D eigenvalue weighted by atomic mass is 16.5. The number of aromatic nitrogens is 1. The molecular weight excluding hydrogens is 336 g/mol. The molecule has 1 unspecified atom stereocenters. The van der Waals surface area contributed by atoms with Crippen LogP contribution in [0.15, 0.2) is 27.1 Å². The zero-order chi connectivity index (χ0) is 18.3. The minimum atomic E-state index is -0.258. The van der Waals surface area contributed by atoms with Crippen LogP contribution in [0, 0.1) is 13.8 Å².